The van der Waals surface area contributed by atoms with Gasteiger partial charge in [-0.2, -0.15) is 5.10 Å². The van der Waals surface area contributed by atoms with Crippen molar-refractivity contribution in [2.75, 3.05) is 6.54 Å². The number of para-hydroxylation sites is 1. The van der Waals surface area contributed by atoms with E-state index >= 15 is 0 Å². The minimum Gasteiger partial charge on any atom is -0.348 e. The monoisotopic (exact) mass is 394 g/mol. The Labute approximate surface area is 163 Å². The van der Waals surface area contributed by atoms with E-state index in [0.717, 1.165) is 22.8 Å². The third kappa shape index (κ3) is 2.86. The zero-order chi connectivity index (χ0) is 20.0. The molecule has 1 aliphatic rings. The van der Waals surface area contributed by atoms with Crippen molar-refractivity contribution in [3.05, 3.63) is 77.3 Å². The molecule has 9 heteroatoms. The molecule has 1 amide bonds. The van der Waals surface area contributed by atoms with Gasteiger partial charge in [0.25, 0.3) is 12.3 Å². The van der Waals surface area contributed by atoms with Crippen LogP contribution >= 0.6 is 0 Å². The average molecular weight is 394 g/mol. The van der Waals surface area contributed by atoms with Crippen LogP contribution in [0.3, 0.4) is 0 Å². The molecule has 0 saturated heterocycles. The van der Waals surface area contributed by atoms with Crippen LogP contribution in [-0.2, 0) is 6.42 Å². The number of carbonyl (C=O) groups is 1. The topological polar surface area (TPSA) is 90.6 Å². The van der Waals surface area contributed by atoms with E-state index in [1.54, 1.807) is 6.33 Å². The number of rotatable bonds is 3. The predicted octanol–water partition coefficient (Wildman–Crippen LogP) is 3.41. The predicted molar refractivity (Wildman–Crippen MR) is 100 cm³/mol. The molecular weight excluding hydrogens is 378 g/mol. The Morgan fingerprint density at radius 3 is 2.93 bits per heavy atom. The maximum Gasteiger partial charge on any atom is 0.280 e. The van der Waals surface area contributed by atoms with Gasteiger partial charge in [0, 0.05) is 24.0 Å². The first-order chi connectivity index (χ1) is 14.1. The van der Waals surface area contributed by atoms with Crippen molar-refractivity contribution in [2.45, 2.75) is 18.9 Å². The van der Waals surface area contributed by atoms with Gasteiger partial charge in [0.15, 0.2) is 0 Å². The second kappa shape index (κ2) is 6.77. The number of carbonyl (C=O) groups excluding carboxylic acids is 1. The summed E-state index contributed by atoms with van der Waals surface area (Å²) in [6.45, 7) is 0.348. The number of halogens is 2. The number of hydrogen-bond donors (Lipinski definition) is 2. The molecule has 29 heavy (non-hydrogen) atoms. The minimum atomic E-state index is -2.82. The number of alkyl halides is 2. The van der Waals surface area contributed by atoms with Crippen LogP contribution in [0.15, 0.2) is 48.9 Å². The fourth-order valence-electron chi connectivity index (χ4n) is 3.82. The van der Waals surface area contributed by atoms with E-state index in [1.807, 2.05) is 36.4 Å². The Balaban J connectivity index is 1.62. The molecule has 4 aromatic rings. The number of H-pyrrole nitrogens is 2. The van der Waals surface area contributed by atoms with Crippen molar-refractivity contribution < 1.29 is 13.6 Å². The van der Waals surface area contributed by atoms with E-state index < -0.39 is 24.1 Å². The van der Waals surface area contributed by atoms with Crippen LogP contribution in [0.4, 0.5) is 8.78 Å². The van der Waals surface area contributed by atoms with Crippen molar-refractivity contribution in [1.82, 2.24) is 30.0 Å². The number of imidazole rings is 1. The third-order valence-corrected chi connectivity index (χ3v) is 5.20. The largest absolute Gasteiger partial charge is 0.348 e. The van der Waals surface area contributed by atoms with Gasteiger partial charge in [-0.1, -0.05) is 24.3 Å². The number of hydrogen-bond acceptors (Lipinski definition) is 4. The van der Waals surface area contributed by atoms with Gasteiger partial charge < -0.3 is 9.88 Å². The van der Waals surface area contributed by atoms with Gasteiger partial charge in [0.1, 0.15) is 11.7 Å². The van der Waals surface area contributed by atoms with Crippen LogP contribution in [0.2, 0.25) is 0 Å². The number of amides is 1. The number of benzene rings is 1. The first kappa shape index (κ1) is 17.5. The van der Waals surface area contributed by atoms with Crippen LogP contribution < -0.4 is 0 Å². The van der Waals surface area contributed by atoms with Gasteiger partial charge in [0.05, 0.1) is 35.0 Å². The lowest BCUT2D eigenvalue weighted by Gasteiger charge is -2.34. The quantitative estimate of drug-likeness (QED) is 0.557. The minimum absolute atomic E-state index is 0.134. The van der Waals surface area contributed by atoms with E-state index in [2.05, 4.69) is 20.2 Å². The zero-order valence-electron chi connectivity index (χ0n) is 15.1. The van der Waals surface area contributed by atoms with E-state index in [1.165, 1.54) is 4.90 Å². The highest BCUT2D eigenvalue weighted by molar-refractivity contribution is 5.96. The Kier molecular flexibility index (Phi) is 4.08. The Hall–Kier alpha value is -3.62. The number of pyridine rings is 1. The Morgan fingerprint density at radius 1 is 1.21 bits per heavy atom. The third-order valence-electron chi connectivity index (χ3n) is 5.20. The zero-order valence-corrected chi connectivity index (χ0v) is 15.1. The fraction of sp³-hybridized carbons (Fsp3) is 0.200. The molecule has 0 unspecified atom stereocenters. The van der Waals surface area contributed by atoms with E-state index in [9.17, 15) is 13.6 Å². The second-order valence-corrected chi connectivity index (χ2v) is 6.84. The summed E-state index contributed by atoms with van der Waals surface area (Å²) in [6, 6.07) is 10.9. The summed E-state index contributed by atoms with van der Waals surface area (Å²) >= 11 is 0. The molecular formula is C20H16F2N6O. The van der Waals surface area contributed by atoms with Gasteiger partial charge in [-0.15, -0.1) is 0 Å². The lowest BCUT2D eigenvalue weighted by Crippen LogP contribution is -2.41. The average Bonchev–Trinajstić information content (AvgIpc) is 3.41. The normalized spacial score (nSPS) is 16.4. The number of fused-ring (bicyclic) bond motifs is 2. The van der Waals surface area contributed by atoms with Crippen molar-refractivity contribution in [2.24, 2.45) is 0 Å². The van der Waals surface area contributed by atoms with Gasteiger partial charge >= 0.3 is 0 Å². The summed E-state index contributed by atoms with van der Waals surface area (Å²) < 4.78 is 26.6. The van der Waals surface area contributed by atoms with Gasteiger partial charge in [-0.05, 0) is 12.1 Å². The highest BCUT2D eigenvalue weighted by Gasteiger charge is 2.37. The molecule has 0 saturated carbocycles. The number of aromatic nitrogens is 5. The van der Waals surface area contributed by atoms with E-state index in [0.29, 0.717) is 24.4 Å². The molecule has 146 valence electrons. The van der Waals surface area contributed by atoms with Crippen molar-refractivity contribution >= 4 is 16.8 Å². The van der Waals surface area contributed by atoms with Crippen LogP contribution in [-0.4, -0.2) is 42.5 Å². The molecule has 5 rings (SSSR count). The van der Waals surface area contributed by atoms with Crippen molar-refractivity contribution in [3.8, 4) is 0 Å². The molecule has 1 aromatic carbocycles. The van der Waals surface area contributed by atoms with Crippen molar-refractivity contribution in [3.63, 3.8) is 0 Å². The SMILES string of the molecule is O=C(c1cn[nH]c1C(F)F)N1CCc2[nH]cnc2[C@@H]1c1ccc2ccccc2n1. The highest BCUT2D eigenvalue weighted by atomic mass is 19.3. The Morgan fingerprint density at radius 2 is 2.07 bits per heavy atom. The van der Waals surface area contributed by atoms with Gasteiger partial charge in [-0.3, -0.25) is 14.9 Å². The van der Waals surface area contributed by atoms with E-state index in [-0.39, 0.29) is 5.56 Å². The Bertz CT molecular complexity index is 1200. The van der Waals surface area contributed by atoms with E-state index in [4.69, 9.17) is 4.98 Å². The molecule has 0 spiro atoms. The summed E-state index contributed by atoms with van der Waals surface area (Å²) in [5, 5.41) is 6.85. The standard InChI is InChI=1S/C20H16F2N6O/c21-19(22)16-12(9-25-27-16)20(29)28-8-7-14-17(24-10-23-14)18(28)15-6-5-11-3-1-2-4-13(11)26-15/h1-6,9-10,18-19H,7-8H2,(H,23,24)(H,25,27)/t18-/m0/s1. The molecule has 0 radical (unpaired) electrons. The fourth-order valence-corrected chi connectivity index (χ4v) is 3.82. The molecule has 0 fully saturated rings. The van der Waals surface area contributed by atoms with Gasteiger partial charge in [-0.25, -0.2) is 13.8 Å². The summed E-state index contributed by atoms with van der Waals surface area (Å²) in [5.41, 5.74) is 2.39. The van der Waals surface area contributed by atoms with Crippen LogP contribution in [0.5, 0.6) is 0 Å². The number of nitrogens with zero attached hydrogens (tertiary/aromatic N) is 4. The summed E-state index contributed by atoms with van der Waals surface area (Å²) in [7, 11) is 0. The summed E-state index contributed by atoms with van der Waals surface area (Å²) in [4.78, 5) is 27.0. The highest BCUT2D eigenvalue weighted by Crippen LogP contribution is 2.35. The molecule has 4 heterocycles. The lowest BCUT2D eigenvalue weighted by molar-refractivity contribution is 0.0675. The van der Waals surface area contributed by atoms with Crippen LogP contribution in [0.1, 0.15) is 45.6 Å². The summed E-state index contributed by atoms with van der Waals surface area (Å²) in [6.07, 6.45) is 0.455. The van der Waals surface area contributed by atoms with Gasteiger partial charge in [0.2, 0.25) is 0 Å². The molecule has 3 aromatic heterocycles. The van der Waals surface area contributed by atoms with Crippen molar-refractivity contribution in [1.29, 1.82) is 0 Å². The first-order valence-corrected chi connectivity index (χ1v) is 9.13. The second-order valence-electron chi connectivity index (χ2n) is 6.84. The molecule has 2 N–H and O–H groups in total. The molecule has 0 bridgehead atoms. The number of nitrogens with one attached hydrogen (secondary N) is 2. The summed E-state index contributed by atoms with van der Waals surface area (Å²) in [5.74, 6) is -0.525. The molecule has 7 nitrogen and oxygen atoms in total. The smallest absolute Gasteiger partial charge is 0.280 e. The maximum atomic E-state index is 13.3. The molecule has 1 aliphatic heterocycles. The first-order valence-electron chi connectivity index (χ1n) is 9.13. The molecule has 1 atom stereocenters. The van der Waals surface area contributed by atoms with Crippen LogP contribution in [0.25, 0.3) is 10.9 Å². The maximum absolute atomic E-state index is 13.3. The number of aromatic amines is 2. The van der Waals surface area contributed by atoms with Crippen LogP contribution in [0, 0.1) is 0 Å². The lowest BCUT2D eigenvalue weighted by atomic mass is 9.97. The molecule has 0 aliphatic carbocycles.